The molecule has 0 unspecified atom stereocenters. The van der Waals surface area contributed by atoms with Crippen LogP contribution in [0.4, 0.5) is 0 Å². The second-order valence-electron chi connectivity index (χ2n) is 5.68. The van der Waals surface area contributed by atoms with Gasteiger partial charge in [0.2, 0.25) is 0 Å². The third-order valence-corrected chi connectivity index (χ3v) is 8.57. The zero-order valence-electron chi connectivity index (χ0n) is 13.9. The maximum atomic E-state index is 12.9. The van der Waals surface area contributed by atoms with E-state index in [0.29, 0.717) is 21.9 Å². The van der Waals surface area contributed by atoms with E-state index in [1.807, 2.05) is 54.6 Å². The van der Waals surface area contributed by atoms with E-state index in [4.69, 9.17) is 7.48 Å². The van der Waals surface area contributed by atoms with E-state index in [1.165, 1.54) is 6.92 Å². The maximum absolute atomic E-state index is 12.9. The summed E-state index contributed by atoms with van der Waals surface area (Å²) in [7, 11) is 0. The molecule has 0 fully saturated rings. The SMILES string of the molecule is CC(=O)OI(c1ccccc1)c1ccc2oc3ccccc3c(=O)c2c1. The average molecular weight is 458 g/mol. The summed E-state index contributed by atoms with van der Waals surface area (Å²) in [4.78, 5) is 24.5. The van der Waals surface area contributed by atoms with E-state index >= 15 is 0 Å². The second kappa shape index (κ2) is 6.92. The third kappa shape index (κ3) is 3.10. The molecule has 4 rings (SSSR count). The summed E-state index contributed by atoms with van der Waals surface area (Å²) in [5.41, 5.74) is 1.02. The van der Waals surface area contributed by atoms with Crippen molar-refractivity contribution in [3.63, 3.8) is 0 Å². The monoisotopic (exact) mass is 458 g/mol. The molecule has 0 atom stereocenters. The van der Waals surface area contributed by atoms with Crippen LogP contribution in [0, 0.1) is 7.14 Å². The number of fused-ring (bicyclic) bond motifs is 2. The van der Waals surface area contributed by atoms with Gasteiger partial charge < -0.3 is 0 Å². The Hall–Kier alpha value is -2.67. The third-order valence-electron chi connectivity index (χ3n) is 3.85. The van der Waals surface area contributed by atoms with Crippen molar-refractivity contribution in [3.05, 3.63) is 90.2 Å². The van der Waals surface area contributed by atoms with Crippen molar-refractivity contribution in [2.45, 2.75) is 6.92 Å². The molecular formula is C21H15IO4. The van der Waals surface area contributed by atoms with Gasteiger partial charge in [0.15, 0.2) is 0 Å². The van der Waals surface area contributed by atoms with Crippen molar-refractivity contribution < 1.29 is 12.3 Å². The predicted molar refractivity (Wildman–Crippen MR) is 110 cm³/mol. The summed E-state index contributed by atoms with van der Waals surface area (Å²) in [6, 6.07) is 22.4. The number of rotatable bonds is 3. The van der Waals surface area contributed by atoms with Crippen LogP contribution in [0.3, 0.4) is 0 Å². The van der Waals surface area contributed by atoms with Gasteiger partial charge in [-0.15, -0.1) is 0 Å². The standard InChI is InChI=1S/C21H15IO4/c1-14(23)26-22(15-7-3-2-4-8-15)16-11-12-20-18(13-16)21(24)17-9-5-6-10-19(17)25-20/h2-13H,1H3. The first kappa shape index (κ1) is 16.8. The van der Waals surface area contributed by atoms with E-state index in [0.717, 1.165) is 7.14 Å². The number of carbonyl (C=O) groups is 1. The second-order valence-corrected chi connectivity index (χ2v) is 10.0. The fraction of sp³-hybridized carbons (Fsp3) is 0.0476. The molecule has 5 heteroatoms. The summed E-state index contributed by atoms with van der Waals surface area (Å²) in [6.07, 6.45) is 0. The van der Waals surface area contributed by atoms with Crippen molar-refractivity contribution in [1.82, 2.24) is 0 Å². The van der Waals surface area contributed by atoms with E-state index in [2.05, 4.69) is 0 Å². The number of halogens is 1. The fourth-order valence-electron chi connectivity index (χ4n) is 2.74. The quantitative estimate of drug-likeness (QED) is 0.322. The van der Waals surface area contributed by atoms with Crippen molar-refractivity contribution >= 4 is 48.1 Å². The molecule has 0 saturated heterocycles. The van der Waals surface area contributed by atoms with Gasteiger partial charge >= 0.3 is 158 Å². The summed E-state index contributed by atoms with van der Waals surface area (Å²) in [5, 5.41) is 1.05. The van der Waals surface area contributed by atoms with E-state index in [9.17, 15) is 9.59 Å². The van der Waals surface area contributed by atoms with E-state index in [1.54, 1.807) is 18.2 Å². The number of benzene rings is 3. The van der Waals surface area contributed by atoms with E-state index in [-0.39, 0.29) is 11.4 Å². The Morgan fingerprint density at radius 2 is 1.54 bits per heavy atom. The Labute approximate surface area is 157 Å². The summed E-state index contributed by atoms with van der Waals surface area (Å²) in [6.45, 7) is 1.41. The minimum absolute atomic E-state index is 0.0737. The molecule has 4 nitrogen and oxygen atoms in total. The predicted octanol–water partition coefficient (Wildman–Crippen LogP) is 4.97. The number of carbonyl (C=O) groups excluding carboxylic acids is 1. The van der Waals surface area contributed by atoms with Crippen molar-refractivity contribution in [1.29, 1.82) is 0 Å². The molecule has 0 amide bonds. The van der Waals surface area contributed by atoms with Crippen LogP contribution < -0.4 is 5.43 Å². The van der Waals surface area contributed by atoms with E-state index < -0.39 is 20.2 Å². The average Bonchev–Trinajstić information content (AvgIpc) is 2.67. The van der Waals surface area contributed by atoms with Crippen LogP contribution in [-0.2, 0) is 7.86 Å². The van der Waals surface area contributed by atoms with Crippen LogP contribution in [0.2, 0.25) is 0 Å². The molecule has 0 spiro atoms. The molecule has 4 aromatic rings. The molecule has 0 bridgehead atoms. The number of para-hydroxylation sites is 1. The molecule has 0 radical (unpaired) electrons. The molecule has 0 aliphatic rings. The first-order valence-corrected chi connectivity index (χ1v) is 11.1. The van der Waals surface area contributed by atoms with Gasteiger partial charge in [0.25, 0.3) is 0 Å². The first-order valence-electron chi connectivity index (χ1n) is 8.03. The topological polar surface area (TPSA) is 56.5 Å². The Morgan fingerprint density at radius 3 is 2.31 bits per heavy atom. The number of hydrogen-bond donors (Lipinski definition) is 0. The van der Waals surface area contributed by atoms with Crippen molar-refractivity contribution in [2.24, 2.45) is 0 Å². The zero-order chi connectivity index (χ0) is 18.1. The fourth-order valence-corrected chi connectivity index (χ4v) is 6.75. The molecule has 130 valence electrons. The van der Waals surface area contributed by atoms with Gasteiger partial charge in [0.05, 0.1) is 0 Å². The van der Waals surface area contributed by atoms with Crippen LogP contribution in [0.1, 0.15) is 6.92 Å². The molecule has 3 aromatic carbocycles. The van der Waals surface area contributed by atoms with Gasteiger partial charge in [-0.05, 0) is 0 Å². The van der Waals surface area contributed by atoms with Gasteiger partial charge in [0, 0.05) is 0 Å². The molecule has 26 heavy (non-hydrogen) atoms. The number of hydrogen-bond acceptors (Lipinski definition) is 4. The summed E-state index contributed by atoms with van der Waals surface area (Å²) >= 11 is -2.44. The molecule has 0 N–H and O–H groups in total. The van der Waals surface area contributed by atoms with Gasteiger partial charge in [-0.25, -0.2) is 0 Å². The summed E-state index contributed by atoms with van der Waals surface area (Å²) in [5.74, 6) is -0.315. The van der Waals surface area contributed by atoms with Gasteiger partial charge in [-0.3, -0.25) is 0 Å². The Morgan fingerprint density at radius 1 is 0.846 bits per heavy atom. The Balaban J connectivity index is 1.92. The zero-order valence-corrected chi connectivity index (χ0v) is 16.1. The molecule has 1 heterocycles. The van der Waals surface area contributed by atoms with Gasteiger partial charge in [-0.1, -0.05) is 0 Å². The van der Waals surface area contributed by atoms with Crippen LogP contribution in [-0.4, -0.2) is 5.97 Å². The van der Waals surface area contributed by atoms with Crippen LogP contribution in [0.5, 0.6) is 0 Å². The van der Waals surface area contributed by atoms with Crippen molar-refractivity contribution in [2.75, 3.05) is 0 Å². The molecular weight excluding hydrogens is 443 g/mol. The first-order chi connectivity index (χ1) is 12.6. The van der Waals surface area contributed by atoms with Gasteiger partial charge in [-0.2, -0.15) is 0 Å². The molecule has 1 aromatic heterocycles. The van der Waals surface area contributed by atoms with Crippen LogP contribution in [0.25, 0.3) is 21.9 Å². The normalized spacial score (nSPS) is 11.5. The van der Waals surface area contributed by atoms with Crippen LogP contribution in [0.15, 0.2) is 82.0 Å². The van der Waals surface area contributed by atoms with Gasteiger partial charge in [0.1, 0.15) is 0 Å². The Kier molecular flexibility index (Phi) is 4.46. The molecule has 0 aliphatic heterocycles. The van der Waals surface area contributed by atoms with Crippen molar-refractivity contribution in [3.8, 4) is 0 Å². The summed E-state index contributed by atoms with van der Waals surface area (Å²) < 4.78 is 13.4. The molecule has 0 saturated carbocycles. The Bertz CT molecular complexity index is 1160. The van der Waals surface area contributed by atoms with Crippen LogP contribution >= 0.6 is 20.2 Å². The minimum atomic E-state index is -2.44. The molecule has 0 aliphatic carbocycles.